The monoisotopic (exact) mass is 268 g/mol. The van der Waals surface area contributed by atoms with E-state index in [0.29, 0.717) is 4.64 Å². The Morgan fingerprint density at radius 3 is 2.22 bits per heavy atom. The van der Waals surface area contributed by atoms with Crippen LogP contribution in [0.3, 0.4) is 0 Å². The molecule has 3 nitrogen and oxygen atoms in total. The highest BCUT2D eigenvalue weighted by Crippen LogP contribution is 2.31. The van der Waals surface area contributed by atoms with Crippen molar-refractivity contribution in [3.8, 4) is 0 Å². The third kappa shape index (κ3) is 2.98. The molecule has 0 bridgehead atoms. The molecular formula is C14H24N2OS. The van der Waals surface area contributed by atoms with Crippen molar-refractivity contribution in [3.63, 3.8) is 0 Å². The lowest BCUT2D eigenvalue weighted by Crippen LogP contribution is -2.31. The largest absolute Gasteiger partial charge is 0.370 e. The number of H-pyrrole nitrogens is 1. The smallest absolute Gasteiger partial charge is 0.140 e. The first-order valence-electron chi connectivity index (χ1n) is 6.46. The number of aromatic amines is 1. The van der Waals surface area contributed by atoms with Crippen LogP contribution < -0.4 is 0 Å². The summed E-state index contributed by atoms with van der Waals surface area (Å²) in [5.74, 6) is 0.840. The minimum Gasteiger partial charge on any atom is -0.370 e. The van der Waals surface area contributed by atoms with Gasteiger partial charge in [-0.15, -0.1) is 0 Å². The van der Waals surface area contributed by atoms with Gasteiger partial charge in [-0.3, -0.25) is 0 Å². The van der Waals surface area contributed by atoms with Gasteiger partial charge in [0.2, 0.25) is 0 Å². The average molecular weight is 268 g/mol. The van der Waals surface area contributed by atoms with Crippen molar-refractivity contribution in [3.05, 3.63) is 22.2 Å². The van der Waals surface area contributed by atoms with E-state index in [0.717, 1.165) is 24.4 Å². The van der Waals surface area contributed by atoms with Crippen molar-refractivity contribution >= 4 is 12.2 Å². The van der Waals surface area contributed by atoms with Gasteiger partial charge < -0.3 is 9.72 Å². The summed E-state index contributed by atoms with van der Waals surface area (Å²) in [7, 11) is 1.73. The van der Waals surface area contributed by atoms with Gasteiger partial charge in [0, 0.05) is 18.2 Å². The Morgan fingerprint density at radius 1 is 1.28 bits per heavy atom. The number of ether oxygens (including phenoxy) is 1. The number of methoxy groups -OCH3 is 1. The first-order valence-corrected chi connectivity index (χ1v) is 6.87. The molecule has 0 spiro atoms. The highest BCUT2D eigenvalue weighted by Gasteiger charge is 2.31. The molecule has 0 saturated heterocycles. The molecular weight excluding hydrogens is 244 g/mol. The molecule has 102 valence electrons. The van der Waals surface area contributed by atoms with Gasteiger partial charge in [0.05, 0.1) is 0 Å². The predicted octanol–water partition coefficient (Wildman–Crippen LogP) is 4.10. The van der Waals surface area contributed by atoms with E-state index in [1.165, 1.54) is 0 Å². The van der Waals surface area contributed by atoms with Crippen LogP contribution in [0, 0.1) is 4.64 Å². The molecule has 1 aromatic rings. The zero-order valence-electron chi connectivity index (χ0n) is 12.3. The maximum Gasteiger partial charge on any atom is 0.140 e. The van der Waals surface area contributed by atoms with E-state index >= 15 is 0 Å². The summed E-state index contributed by atoms with van der Waals surface area (Å²) >= 11 is 5.28. The van der Waals surface area contributed by atoms with Crippen molar-refractivity contribution in [2.75, 3.05) is 7.11 Å². The van der Waals surface area contributed by atoms with Gasteiger partial charge >= 0.3 is 0 Å². The minimum absolute atomic E-state index is 0.0201. The first-order chi connectivity index (χ1) is 8.29. The molecule has 0 fully saturated rings. The standard InChI is InChI=1S/C14H24N2OS/c1-7-14(8-2,17-6)12-15-10(13(3,4)5)9-11(18)16-12/h9H,7-8H2,1-6H3,(H,15,16,18). The van der Waals surface area contributed by atoms with E-state index in [9.17, 15) is 0 Å². The topological polar surface area (TPSA) is 37.9 Å². The van der Waals surface area contributed by atoms with E-state index in [4.69, 9.17) is 17.0 Å². The van der Waals surface area contributed by atoms with Crippen LogP contribution in [0.25, 0.3) is 0 Å². The fourth-order valence-electron chi connectivity index (χ4n) is 2.05. The van der Waals surface area contributed by atoms with Gasteiger partial charge in [-0.1, -0.05) is 46.8 Å². The van der Waals surface area contributed by atoms with Crippen LogP contribution in [-0.2, 0) is 15.8 Å². The molecule has 0 saturated carbocycles. The number of nitrogens with zero attached hydrogens (tertiary/aromatic N) is 1. The van der Waals surface area contributed by atoms with Crippen LogP contribution >= 0.6 is 12.2 Å². The average Bonchev–Trinajstić information content (AvgIpc) is 2.30. The van der Waals surface area contributed by atoms with E-state index in [1.54, 1.807) is 7.11 Å². The molecule has 1 rings (SSSR count). The Hall–Kier alpha value is -0.740. The van der Waals surface area contributed by atoms with Gasteiger partial charge in [-0.25, -0.2) is 4.98 Å². The number of nitrogens with one attached hydrogen (secondary N) is 1. The second kappa shape index (κ2) is 5.49. The molecule has 0 aliphatic carbocycles. The van der Waals surface area contributed by atoms with Gasteiger partial charge in [-0.05, 0) is 18.9 Å². The number of hydrogen-bond acceptors (Lipinski definition) is 3. The number of aromatic nitrogens is 2. The first kappa shape index (κ1) is 15.3. The Bertz CT molecular complexity index is 447. The van der Waals surface area contributed by atoms with Gasteiger partial charge in [-0.2, -0.15) is 0 Å². The minimum atomic E-state index is -0.366. The van der Waals surface area contributed by atoms with Crippen molar-refractivity contribution < 1.29 is 4.74 Å². The Labute approximate surface area is 115 Å². The van der Waals surface area contributed by atoms with Crippen LogP contribution in [0.4, 0.5) is 0 Å². The van der Waals surface area contributed by atoms with Crippen molar-refractivity contribution in [2.24, 2.45) is 0 Å². The lowest BCUT2D eigenvalue weighted by Gasteiger charge is -2.30. The quantitative estimate of drug-likeness (QED) is 0.835. The summed E-state index contributed by atoms with van der Waals surface area (Å²) in [6, 6.07) is 1.94. The van der Waals surface area contributed by atoms with E-state index in [1.807, 2.05) is 6.07 Å². The fraction of sp³-hybridized carbons (Fsp3) is 0.714. The zero-order chi connectivity index (χ0) is 14.0. The molecule has 0 aliphatic heterocycles. The van der Waals surface area contributed by atoms with Gasteiger partial charge in [0.25, 0.3) is 0 Å². The number of rotatable bonds is 4. The second-order valence-corrected chi connectivity index (χ2v) is 6.06. The Kier molecular flexibility index (Phi) is 4.67. The maximum absolute atomic E-state index is 5.70. The van der Waals surface area contributed by atoms with E-state index < -0.39 is 0 Å². The van der Waals surface area contributed by atoms with E-state index in [2.05, 4.69) is 44.6 Å². The molecule has 0 aliphatic rings. The molecule has 0 amide bonds. The van der Waals surface area contributed by atoms with Crippen molar-refractivity contribution in [1.29, 1.82) is 0 Å². The van der Waals surface area contributed by atoms with Crippen LogP contribution in [0.2, 0.25) is 0 Å². The normalized spacial score (nSPS) is 12.8. The third-order valence-electron chi connectivity index (χ3n) is 3.52. The van der Waals surface area contributed by atoms with Gasteiger partial charge in [0.15, 0.2) is 0 Å². The summed E-state index contributed by atoms with van der Waals surface area (Å²) in [6.45, 7) is 10.7. The van der Waals surface area contributed by atoms with Crippen LogP contribution in [0.15, 0.2) is 6.07 Å². The summed E-state index contributed by atoms with van der Waals surface area (Å²) in [5, 5.41) is 0. The molecule has 1 heterocycles. The molecule has 4 heteroatoms. The van der Waals surface area contributed by atoms with Gasteiger partial charge in [0.1, 0.15) is 16.1 Å². The van der Waals surface area contributed by atoms with Crippen molar-refractivity contribution in [2.45, 2.75) is 58.5 Å². The zero-order valence-corrected chi connectivity index (χ0v) is 13.1. The lowest BCUT2D eigenvalue weighted by molar-refractivity contribution is -0.0295. The predicted molar refractivity (Wildman–Crippen MR) is 77.4 cm³/mol. The van der Waals surface area contributed by atoms with Crippen molar-refractivity contribution in [1.82, 2.24) is 9.97 Å². The van der Waals surface area contributed by atoms with E-state index in [-0.39, 0.29) is 11.0 Å². The molecule has 0 radical (unpaired) electrons. The summed E-state index contributed by atoms with van der Waals surface area (Å²) in [6.07, 6.45) is 1.73. The number of hydrogen-bond donors (Lipinski definition) is 1. The van der Waals surface area contributed by atoms with Crippen LogP contribution in [0.5, 0.6) is 0 Å². The molecule has 0 aromatic carbocycles. The lowest BCUT2D eigenvalue weighted by atomic mass is 9.90. The fourth-order valence-corrected chi connectivity index (χ4v) is 2.26. The van der Waals surface area contributed by atoms with Crippen LogP contribution in [-0.4, -0.2) is 17.1 Å². The molecule has 18 heavy (non-hydrogen) atoms. The highest BCUT2D eigenvalue weighted by atomic mass is 32.1. The SMILES string of the molecule is CCC(CC)(OC)c1nc(=S)cc(C(C)(C)C)[nH]1. The highest BCUT2D eigenvalue weighted by molar-refractivity contribution is 7.71. The molecule has 1 N–H and O–H groups in total. The summed E-state index contributed by atoms with van der Waals surface area (Å²) in [4.78, 5) is 7.88. The Morgan fingerprint density at radius 2 is 1.83 bits per heavy atom. The summed E-state index contributed by atoms with van der Waals surface area (Å²) in [5.41, 5.74) is 0.752. The maximum atomic E-state index is 5.70. The molecule has 0 atom stereocenters. The summed E-state index contributed by atoms with van der Waals surface area (Å²) < 4.78 is 6.33. The second-order valence-electron chi connectivity index (χ2n) is 5.64. The molecule has 0 unspecified atom stereocenters. The van der Waals surface area contributed by atoms with Crippen LogP contribution in [0.1, 0.15) is 59.0 Å². The Balaban J connectivity index is 3.42. The third-order valence-corrected chi connectivity index (χ3v) is 3.72. The molecule has 1 aromatic heterocycles.